The lowest BCUT2D eigenvalue weighted by Crippen LogP contribution is -2.15. The minimum absolute atomic E-state index is 0.136. The van der Waals surface area contributed by atoms with Crippen LogP contribution in [0, 0.1) is 5.82 Å². The number of alkyl halides is 3. The average molecular weight is 277 g/mol. The molecule has 96 valence electrons. The number of nitrogens with two attached hydrogens (primary N) is 1. The second-order valence-corrected chi connectivity index (χ2v) is 4.10. The van der Waals surface area contributed by atoms with Crippen LogP contribution in [0.4, 0.5) is 17.6 Å². The monoisotopic (exact) mass is 277 g/mol. The van der Waals surface area contributed by atoms with Crippen LogP contribution in [0.3, 0.4) is 0 Å². The van der Waals surface area contributed by atoms with Crippen LogP contribution in [-0.4, -0.2) is 8.75 Å². The van der Waals surface area contributed by atoms with E-state index in [9.17, 15) is 17.6 Å². The van der Waals surface area contributed by atoms with E-state index in [0.29, 0.717) is 11.8 Å². The molecule has 1 aromatic carbocycles. The van der Waals surface area contributed by atoms with E-state index in [0.717, 1.165) is 17.8 Å². The fourth-order valence-corrected chi connectivity index (χ4v) is 1.89. The van der Waals surface area contributed by atoms with Gasteiger partial charge in [0.25, 0.3) is 0 Å². The van der Waals surface area contributed by atoms with E-state index in [4.69, 9.17) is 5.73 Å². The Morgan fingerprint density at radius 3 is 2.56 bits per heavy atom. The minimum atomic E-state index is -4.75. The van der Waals surface area contributed by atoms with E-state index in [1.54, 1.807) is 0 Å². The zero-order valence-electron chi connectivity index (χ0n) is 8.78. The van der Waals surface area contributed by atoms with Crippen molar-refractivity contribution in [1.29, 1.82) is 0 Å². The summed E-state index contributed by atoms with van der Waals surface area (Å²) < 4.78 is 58.2. The van der Waals surface area contributed by atoms with Gasteiger partial charge < -0.3 is 5.73 Å². The Morgan fingerprint density at radius 2 is 2.00 bits per heavy atom. The van der Waals surface area contributed by atoms with Crippen LogP contribution >= 0.6 is 11.7 Å². The molecule has 2 rings (SSSR count). The first kappa shape index (κ1) is 12.9. The van der Waals surface area contributed by atoms with Gasteiger partial charge in [-0.15, -0.1) is 0 Å². The summed E-state index contributed by atoms with van der Waals surface area (Å²) in [6.45, 7) is 0. The molecule has 0 aliphatic carbocycles. The molecule has 1 heterocycles. The second-order valence-electron chi connectivity index (χ2n) is 3.55. The summed E-state index contributed by atoms with van der Waals surface area (Å²) in [5, 5.41) is 0. The maximum atomic E-state index is 13.1. The van der Waals surface area contributed by atoms with Gasteiger partial charge in [-0.05, 0) is 17.7 Å². The Hall–Kier alpha value is -1.54. The molecule has 3 nitrogen and oxygen atoms in total. The lowest BCUT2D eigenvalue weighted by atomic mass is 10.0. The quantitative estimate of drug-likeness (QED) is 0.859. The predicted octanol–water partition coefficient (Wildman–Crippen LogP) is 2.74. The van der Waals surface area contributed by atoms with Crippen LogP contribution in [-0.2, 0) is 6.18 Å². The van der Waals surface area contributed by atoms with Crippen molar-refractivity contribution in [3.05, 3.63) is 47.0 Å². The molecule has 0 bridgehead atoms. The second kappa shape index (κ2) is 4.62. The van der Waals surface area contributed by atoms with Gasteiger partial charge in [-0.2, -0.15) is 21.9 Å². The molecule has 0 spiro atoms. The number of hydrogen-bond donors (Lipinski definition) is 1. The maximum Gasteiger partial charge on any atom is 0.419 e. The number of aromatic nitrogens is 2. The molecular weight excluding hydrogens is 270 g/mol. The van der Waals surface area contributed by atoms with Crippen molar-refractivity contribution in [3.63, 3.8) is 0 Å². The highest BCUT2D eigenvalue weighted by molar-refractivity contribution is 6.99. The molecule has 0 radical (unpaired) electrons. The van der Waals surface area contributed by atoms with Gasteiger partial charge >= 0.3 is 6.18 Å². The molecule has 18 heavy (non-hydrogen) atoms. The number of benzene rings is 1. The van der Waals surface area contributed by atoms with Gasteiger partial charge in [-0.3, -0.25) is 0 Å². The van der Waals surface area contributed by atoms with Gasteiger partial charge in [-0.25, -0.2) is 4.39 Å². The van der Waals surface area contributed by atoms with E-state index in [2.05, 4.69) is 8.75 Å². The molecule has 1 aromatic heterocycles. The molecule has 0 amide bonds. The average Bonchev–Trinajstić information content (AvgIpc) is 2.80. The zero-order chi connectivity index (χ0) is 13.3. The van der Waals surface area contributed by atoms with Gasteiger partial charge in [-0.1, -0.05) is 6.07 Å². The van der Waals surface area contributed by atoms with Gasteiger partial charge in [0.1, 0.15) is 5.82 Å². The van der Waals surface area contributed by atoms with E-state index in [-0.39, 0.29) is 5.56 Å². The Bertz CT molecular complexity index is 539. The lowest BCUT2D eigenvalue weighted by Gasteiger charge is -2.13. The summed E-state index contributed by atoms with van der Waals surface area (Å²) in [7, 11) is 0. The fraction of sp³-hybridized carbons (Fsp3) is 0.200. The van der Waals surface area contributed by atoms with Crippen molar-refractivity contribution in [1.82, 2.24) is 8.75 Å². The first-order valence-corrected chi connectivity index (χ1v) is 5.52. The molecular formula is C10H7F4N3S. The van der Waals surface area contributed by atoms with E-state index < -0.39 is 23.6 Å². The van der Waals surface area contributed by atoms with E-state index in [1.807, 2.05) is 0 Å². The van der Waals surface area contributed by atoms with Gasteiger partial charge in [0.2, 0.25) is 0 Å². The zero-order valence-corrected chi connectivity index (χ0v) is 9.60. The number of halogens is 4. The largest absolute Gasteiger partial charge is 0.419 e. The van der Waals surface area contributed by atoms with Crippen LogP contribution in [0.15, 0.2) is 24.4 Å². The number of nitrogens with zero attached hydrogens (tertiary/aromatic N) is 2. The summed E-state index contributed by atoms with van der Waals surface area (Å²) in [5.74, 6) is -1.32. The highest BCUT2D eigenvalue weighted by Crippen LogP contribution is 2.33. The SMILES string of the molecule is NC(c1ccc(F)c(C(F)(F)F)c1)c1cnsn1. The van der Waals surface area contributed by atoms with Crippen LogP contribution < -0.4 is 5.73 Å². The normalized spacial score (nSPS) is 13.6. The molecule has 0 fully saturated rings. The molecule has 0 aliphatic heterocycles. The Morgan fingerprint density at radius 1 is 1.28 bits per heavy atom. The Balaban J connectivity index is 2.42. The summed E-state index contributed by atoms with van der Waals surface area (Å²) in [5.41, 5.74) is 4.89. The summed E-state index contributed by atoms with van der Waals surface area (Å²) in [4.78, 5) is 0. The Labute approximate surface area is 104 Å². The van der Waals surface area contributed by atoms with Crippen LogP contribution in [0.25, 0.3) is 0 Å². The van der Waals surface area contributed by atoms with Crippen molar-refractivity contribution in [2.75, 3.05) is 0 Å². The van der Waals surface area contributed by atoms with Crippen LogP contribution in [0.2, 0.25) is 0 Å². The number of hydrogen-bond acceptors (Lipinski definition) is 4. The van der Waals surface area contributed by atoms with E-state index in [1.165, 1.54) is 12.3 Å². The summed E-state index contributed by atoms with van der Waals surface area (Å²) >= 11 is 0.899. The standard InChI is InChI=1S/C10H7F4N3S/c11-7-2-1-5(3-6(7)10(12,13)14)9(15)8-4-16-18-17-8/h1-4,9H,15H2. The molecule has 0 aliphatic rings. The van der Waals surface area contributed by atoms with Crippen molar-refractivity contribution < 1.29 is 17.6 Å². The van der Waals surface area contributed by atoms with Crippen molar-refractivity contribution in [3.8, 4) is 0 Å². The molecule has 8 heteroatoms. The summed E-state index contributed by atoms with van der Waals surface area (Å²) in [6, 6.07) is 1.79. The molecule has 1 atom stereocenters. The topological polar surface area (TPSA) is 51.8 Å². The third-order valence-electron chi connectivity index (χ3n) is 2.35. The van der Waals surface area contributed by atoms with Gasteiger partial charge in [0.05, 0.1) is 35.2 Å². The van der Waals surface area contributed by atoms with Crippen molar-refractivity contribution >= 4 is 11.7 Å². The van der Waals surface area contributed by atoms with Crippen molar-refractivity contribution in [2.45, 2.75) is 12.2 Å². The highest BCUT2D eigenvalue weighted by Gasteiger charge is 2.34. The molecule has 2 aromatic rings. The third kappa shape index (κ3) is 2.49. The van der Waals surface area contributed by atoms with Crippen molar-refractivity contribution in [2.24, 2.45) is 5.73 Å². The highest BCUT2D eigenvalue weighted by atomic mass is 32.1. The van der Waals surface area contributed by atoms with Crippen LogP contribution in [0.5, 0.6) is 0 Å². The molecule has 2 N–H and O–H groups in total. The maximum absolute atomic E-state index is 13.1. The number of rotatable bonds is 2. The Kier molecular flexibility index (Phi) is 3.31. The first-order chi connectivity index (χ1) is 8.39. The molecule has 0 saturated carbocycles. The van der Waals surface area contributed by atoms with Gasteiger partial charge in [0.15, 0.2) is 0 Å². The predicted molar refractivity (Wildman–Crippen MR) is 57.3 cm³/mol. The van der Waals surface area contributed by atoms with Crippen LogP contribution in [0.1, 0.15) is 22.9 Å². The van der Waals surface area contributed by atoms with Gasteiger partial charge in [0, 0.05) is 0 Å². The summed E-state index contributed by atoms with van der Waals surface area (Å²) in [6.07, 6.45) is -3.38. The van der Waals surface area contributed by atoms with E-state index >= 15 is 0 Å². The molecule has 0 saturated heterocycles. The fourth-order valence-electron chi connectivity index (χ4n) is 1.43. The molecule has 1 unspecified atom stereocenters. The lowest BCUT2D eigenvalue weighted by molar-refractivity contribution is -0.140. The third-order valence-corrected chi connectivity index (χ3v) is 2.84. The smallest absolute Gasteiger partial charge is 0.319 e. The first-order valence-electron chi connectivity index (χ1n) is 4.79. The minimum Gasteiger partial charge on any atom is -0.319 e.